The fourth-order valence-electron chi connectivity index (χ4n) is 2.77. The molecule has 0 saturated carbocycles. The molecule has 1 aliphatic heterocycles. The molecule has 0 aliphatic carbocycles. The van der Waals surface area contributed by atoms with Crippen molar-refractivity contribution in [3.8, 4) is 0 Å². The molecule has 3 rings (SSSR count). The van der Waals surface area contributed by atoms with Gasteiger partial charge in [0.15, 0.2) is 0 Å². The number of nitrogens with zero attached hydrogens (tertiary/aromatic N) is 1. The minimum Gasteiger partial charge on any atom is -0.353 e. The molecule has 0 radical (unpaired) electrons. The van der Waals surface area contributed by atoms with E-state index < -0.39 is 16.1 Å². The number of sulfonamides is 1. The van der Waals surface area contributed by atoms with E-state index in [2.05, 4.69) is 5.32 Å². The number of amides is 1. The smallest absolute Gasteiger partial charge is 0.244 e. The van der Waals surface area contributed by atoms with E-state index in [1.54, 1.807) is 42.5 Å². The number of rotatable bonds is 3. The lowest BCUT2D eigenvalue weighted by molar-refractivity contribution is -0.126. The summed E-state index contributed by atoms with van der Waals surface area (Å²) < 4.78 is 27.3. The van der Waals surface area contributed by atoms with Crippen molar-refractivity contribution in [1.29, 1.82) is 0 Å². The van der Waals surface area contributed by atoms with Crippen molar-refractivity contribution in [1.82, 2.24) is 9.62 Å². The van der Waals surface area contributed by atoms with Crippen LogP contribution in [0.2, 0.25) is 0 Å². The van der Waals surface area contributed by atoms with Crippen LogP contribution >= 0.6 is 0 Å². The van der Waals surface area contributed by atoms with E-state index in [1.807, 2.05) is 19.1 Å². The van der Waals surface area contributed by atoms with Crippen molar-refractivity contribution in [3.05, 3.63) is 65.7 Å². The second kappa shape index (κ2) is 6.14. The molecule has 120 valence electrons. The lowest BCUT2D eigenvalue weighted by Gasteiger charge is -2.34. The Labute approximate surface area is 136 Å². The van der Waals surface area contributed by atoms with Gasteiger partial charge in [-0.25, -0.2) is 8.42 Å². The second-order valence-corrected chi connectivity index (χ2v) is 7.43. The Morgan fingerprint density at radius 1 is 1.09 bits per heavy atom. The summed E-state index contributed by atoms with van der Waals surface area (Å²) in [6.45, 7) is 2.41. The molecule has 0 bridgehead atoms. The molecule has 23 heavy (non-hydrogen) atoms. The summed E-state index contributed by atoms with van der Waals surface area (Å²) in [6.07, 6.45) is 0. The van der Waals surface area contributed by atoms with Crippen LogP contribution in [0.4, 0.5) is 0 Å². The lowest BCUT2D eigenvalue weighted by atomic mass is 10.1. The molecule has 6 heteroatoms. The summed E-state index contributed by atoms with van der Waals surface area (Å²) in [5, 5.41) is 2.75. The third-order valence-electron chi connectivity index (χ3n) is 3.88. The first-order valence-corrected chi connectivity index (χ1v) is 8.85. The molecule has 2 aromatic rings. The molecule has 1 aliphatic rings. The zero-order chi connectivity index (χ0) is 16.4. The van der Waals surface area contributed by atoms with Gasteiger partial charge in [0.2, 0.25) is 15.9 Å². The predicted octanol–water partition coefficient (Wildman–Crippen LogP) is 1.86. The largest absolute Gasteiger partial charge is 0.353 e. The van der Waals surface area contributed by atoms with Crippen LogP contribution in [0.25, 0.3) is 0 Å². The molecule has 2 aromatic carbocycles. The van der Waals surface area contributed by atoms with Crippen LogP contribution in [0, 0.1) is 6.92 Å². The predicted molar refractivity (Wildman–Crippen MR) is 87.3 cm³/mol. The summed E-state index contributed by atoms with van der Waals surface area (Å²) in [7, 11) is -3.74. The highest BCUT2D eigenvalue weighted by Gasteiger charge is 2.39. The van der Waals surface area contributed by atoms with Gasteiger partial charge in [0.05, 0.1) is 4.90 Å². The molecule has 1 heterocycles. The summed E-state index contributed by atoms with van der Waals surface area (Å²) >= 11 is 0. The van der Waals surface area contributed by atoms with E-state index in [9.17, 15) is 13.2 Å². The molecule has 0 aromatic heterocycles. The average Bonchev–Trinajstić information content (AvgIpc) is 2.55. The van der Waals surface area contributed by atoms with Crippen molar-refractivity contribution >= 4 is 15.9 Å². The fraction of sp³-hybridized carbons (Fsp3) is 0.235. The van der Waals surface area contributed by atoms with Crippen molar-refractivity contribution in [2.45, 2.75) is 17.9 Å². The highest BCUT2D eigenvalue weighted by Crippen LogP contribution is 2.29. The lowest BCUT2D eigenvalue weighted by Crippen LogP contribution is -2.52. The summed E-state index contributed by atoms with van der Waals surface area (Å²) in [4.78, 5) is 12.5. The Hall–Kier alpha value is -2.18. The van der Waals surface area contributed by atoms with Gasteiger partial charge in [0.1, 0.15) is 6.04 Å². The van der Waals surface area contributed by atoms with Crippen molar-refractivity contribution < 1.29 is 13.2 Å². The number of aryl methyl sites for hydroxylation is 1. The van der Waals surface area contributed by atoms with E-state index in [0.29, 0.717) is 12.1 Å². The number of piperazine rings is 1. The Morgan fingerprint density at radius 3 is 2.52 bits per heavy atom. The maximum absolute atomic E-state index is 13.0. The molecule has 1 N–H and O–H groups in total. The van der Waals surface area contributed by atoms with Crippen LogP contribution in [-0.2, 0) is 14.8 Å². The van der Waals surface area contributed by atoms with Crippen molar-refractivity contribution in [2.24, 2.45) is 0 Å². The zero-order valence-electron chi connectivity index (χ0n) is 12.8. The van der Waals surface area contributed by atoms with E-state index in [0.717, 1.165) is 5.56 Å². The monoisotopic (exact) mass is 330 g/mol. The third-order valence-corrected chi connectivity index (χ3v) is 5.74. The summed E-state index contributed by atoms with van der Waals surface area (Å²) in [6, 6.07) is 14.9. The SMILES string of the molecule is Cc1cccc(S(=O)(=O)N2CCNC(=O)C2c2ccccc2)c1. The Balaban J connectivity index is 2.06. The number of hydrogen-bond donors (Lipinski definition) is 1. The quantitative estimate of drug-likeness (QED) is 0.934. The van der Waals surface area contributed by atoms with E-state index in [4.69, 9.17) is 0 Å². The molecule has 5 nitrogen and oxygen atoms in total. The molecule has 1 unspecified atom stereocenters. The van der Waals surface area contributed by atoms with Crippen LogP contribution in [0.5, 0.6) is 0 Å². The van der Waals surface area contributed by atoms with Gasteiger partial charge in [-0.15, -0.1) is 0 Å². The molecular formula is C17H18N2O3S. The Kier molecular flexibility index (Phi) is 4.19. The highest BCUT2D eigenvalue weighted by atomic mass is 32.2. The van der Waals surface area contributed by atoms with Gasteiger partial charge in [0.25, 0.3) is 0 Å². The minimum atomic E-state index is -3.74. The number of carbonyl (C=O) groups is 1. The second-order valence-electron chi connectivity index (χ2n) is 5.54. The fourth-order valence-corrected chi connectivity index (χ4v) is 4.45. The molecule has 1 saturated heterocycles. The first kappa shape index (κ1) is 15.7. The summed E-state index contributed by atoms with van der Waals surface area (Å²) in [5.74, 6) is -0.293. The van der Waals surface area contributed by atoms with E-state index in [-0.39, 0.29) is 17.3 Å². The first-order valence-electron chi connectivity index (χ1n) is 7.41. The Morgan fingerprint density at radius 2 is 1.83 bits per heavy atom. The van der Waals surface area contributed by atoms with Gasteiger partial charge >= 0.3 is 0 Å². The van der Waals surface area contributed by atoms with Gasteiger partial charge in [-0.1, -0.05) is 42.5 Å². The maximum Gasteiger partial charge on any atom is 0.244 e. The zero-order valence-corrected chi connectivity index (χ0v) is 13.6. The van der Waals surface area contributed by atoms with Crippen LogP contribution in [0.1, 0.15) is 17.2 Å². The van der Waals surface area contributed by atoms with Gasteiger partial charge < -0.3 is 5.32 Å². The number of hydrogen-bond acceptors (Lipinski definition) is 3. The molecule has 1 atom stereocenters. The van der Waals surface area contributed by atoms with Crippen LogP contribution < -0.4 is 5.32 Å². The standard InChI is InChI=1S/C17H18N2O3S/c1-13-6-5-9-15(12-13)23(21,22)19-11-10-18-17(20)16(19)14-7-3-2-4-8-14/h2-9,12,16H,10-11H2,1H3,(H,18,20). The summed E-state index contributed by atoms with van der Waals surface area (Å²) in [5.41, 5.74) is 1.53. The van der Waals surface area contributed by atoms with E-state index in [1.165, 1.54) is 4.31 Å². The van der Waals surface area contributed by atoms with Crippen molar-refractivity contribution in [3.63, 3.8) is 0 Å². The molecule has 1 amide bonds. The van der Waals surface area contributed by atoms with Crippen LogP contribution in [0.15, 0.2) is 59.5 Å². The molecule has 0 spiro atoms. The third kappa shape index (κ3) is 3.00. The van der Waals surface area contributed by atoms with Gasteiger partial charge in [-0.05, 0) is 30.2 Å². The van der Waals surface area contributed by atoms with E-state index >= 15 is 0 Å². The van der Waals surface area contributed by atoms with Gasteiger partial charge in [-0.2, -0.15) is 4.31 Å². The number of benzene rings is 2. The Bertz CT molecular complexity index is 819. The van der Waals surface area contributed by atoms with Gasteiger partial charge in [0, 0.05) is 13.1 Å². The minimum absolute atomic E-state index is 0.216. The highest BCUT2D eigenvalue weighted by molar-refractivity contribution is 7.89. The molecular weight excluding hydrogens is 312 g/mol. The van der Waals surface area contributed by atoms with Gasteiger partial charge in [-0.3, -0.25) is 4.79 Å². The molecule has 1 fully saturated rings. The first-order chi connectivity index (χ1) is 11.0. The topological polar surface area (TPSA) is 66.5 Å². The van der Waals surface area contributed by atoms with Crippen molar-refractivity contribution in [2.75, 3.05) is 13.1 Å². The van der Waals surface area contributed by atoms with Crippen LogP contribution in [-0.4, -0.2) is 31.7 Å². The normalized spacial score (nSPS) is 19.3. The van der Waals surface area contributed by atoms with Crippen LogP contribution in [0.3, 0.4) is 0 Å². The number of nitrogens with one attached hydrogen (secondary N) is 1. The number of carbonyl (C=O) groups excluding carboxylic acids is 1. The average molecular weight is 330 g/mol. The maximum atomic E-state index is 13.0.